The molecule has 1 fully saturated rings. The van der Waals surface area contributed by atoms with Crippen LogP contribution in [0.5, 0.6) is 0 Å². The fourth-order valence-corrected chi connectivity index (χ4v) is 3.80. The predicted octanol–water partition coefficient (Wildman–Crippen LogP) is 4.51. The van der Waals surface area contributed by atoms with E-state index in [1.165, 1.54) is 0 Å². The third kappa shape index (κ3) is 3.27. The summed E-state index contributed by atoms with van der Waals surface area (Å²) >= 11 is 6.20. The van der Waals surface area contributed by atoms with E-state index in [0.717, 1.165) is 46.8 Å². The highest BCUT2D eigenvalue weighted by Gasteiger charge is 2.31. The summed E-state index contributed by atoms with van der Waals surface area (Å²) in [6.45, 7) is 0.795. The van der Waals surface area contributed by atoms with Crippen LogP contribution in [0.4, 0.5) is 0 Å². The number of nitrogens with one attached hydrogen (secondary N) is 1. The zero-order valence-corrected chi connectivity index (χ0v) is 14.7. The Hall–Kier alpha value is -2.33. The third-order valence-electron chi connectivity index (χ3n) is 4.86. The number of nitrogens with zero attached hydrogens (tertiary/aromatic N) is 2. The summed E-state index contributed by atoms with van der Waals surface area (Å²) in [5.41, 5.74) is 3.00. The number of amides is 1. The SMILES string of the molecule is O=C(CCc1ccccc1Cl)N1CCCC1c1nc2ccccc2[nH]1. The molecule has 25 heavy (non-hydrogen) atoms. The molecule has 1 aliphatic rings. The summed E-state index contributed by atoms with van der Waals surface area (Å²) in [5.74, 6) is 1.06. The summed E-state index contributed by atoms with van der Waals surface area (Å²) in [7, 11) is 0. The van der Waals surface area contributed by atoms with E-state index in [2.05, 4.69) is 9.97 Å². The van der Waals surface area contributed by atoms with Crippen molar-refractivity contribution in [3.05, 3.63) is 64.9 Å². The number of carbonyl (C=O) groups is 1. The van der Waals surface area contributed by atoms with Crippen molar-refractivity contribution in [1.82, 2.24) is 14.9 Å². The Kier molecular flexibility index (Phi) is 4.45. The molecule has 1 saturated heterocycles. The maximum atomic E-state index is 12.8. The highest BCUT2D eigenvalue weighted by molar-refractivity contribution is 6.31. The van der Waals surface area contributed by atoms with Crippen molar-refractivity contribution < 1.29 is 4.79 Å². The van der Waals surface area contributed by atoms with Crippen LogP contribution in [0.1, 0.15) is 36.7 Å². The highest BCUT2D eigenvalue weighted by atomic mass is 35.5. The number of halogens is 1. The fraction of sp³-hybridized carbons (Fsp3) is 0.300. The molecule has 5 heteroatoms. The Balaban J connectivity index is 1.49. The summed E-state index contributed by atoms with van der Waals surface area (Å²) in [6.07, 6.45) is 3.11. The molecule has 1 amide bonds. The first-order valence-electron chi connectivity index (χ1n) is 8.70. The van der Waals surface area contributed by atoms with Gasteiger partial charge >= 0.3 is 0 Å². The highest BCUT2D eigenvalue weighted by Crippen LogP contribution is 2.32. The van der Waals surface area contributed by atoms with Gasteiger partial charge < -0.3 is 9.88 Å². The van der Waals surface area contributed by atoms with Gasteiger partial charge in [-0.1, -0.05) is 41.9 Å². The Morgan fingerprint density at radius 2 is 2.00 bits per heavy atom. The molecule has 3 aromatic rings. The first kappa shape index (κ1) is 16.2. The molecular formula is C20H20ClN3O. The Labute approximate surface area is 151 Å². The third-order valence-corrected chi connectivity index (χ3v) is 5.23. The summed E-state index contributed by atoms with van der Waals surface area (Å²) in [4.78, 5) is 22.8. The lowest BCUT2D eigenvalue weighted by Gasteiger charge is -2.23. The fourth-order valence-electron chi connectivity index (χ4n) is 3.57. The van der Waals surface area contributed by atoms with Gasteiger partial charge in [-0.3, -0.25) is 4.79 Å². The average Bonchev–Trinajstić information content (AvgIpc) is 3.27. The average molecular weight is 354 g/mol. The van der Waals surface area contributed by atoms with E-state index in [4.69, 9.17) is 11.6 Å². The molecule has 0 saturated carbocycles. The van der Waals surface area contributed by atoms with Crippen molar-refractivity contribution in [2.45, 2.75) is 31.7 Å². The van der Waals surface area contributed by atoms with Crippen LogP contribution in [-0.2, 0) is 11.2 Å². The van der Waals surface area contributed by atoms with E-state index >= 15 is 0 Å². The molecule has 1 aliphatic heterocycles. The summed E-state index contributed by atoms with van der Waals surface area (Å²) in [6, 6.07) is 15.7. The van der Waals surface area contributed by atoms with Gasteiger partial charge in [0.1, 0.15) is 5.82 Å². The van der Waals surface area contributed by atoms with Gasteiger partial charge in [-0.15, -0.1) is 0 Å². The second-order valence-corrected chi connectivity index (χ2v) is 6.88. The van der Waals surface area contributed by atoms with Crippen LogP contribution < -0.4 is 0 Å². The first-order chi connectivity index (χ1) is 12.2. The maximum absolute atomic E-state index is 12.8. The molecule has 128 valence electrons. The quantitative estimate of drug-likeness (QED) is 0.750. The second-order valence-electron chi connectivity index (χ2n) is 6.48. The molecule has 1 atom stereocenters. The first-order valence-corrected chi connectivity index (χ1v) is 9.08. The smallest absolute Gasteiger partial charge is 0.223 e. The number of imidazole rings is 1. The minimum Gasteiger partial charge on any atom is -0.340 e. The van der Waals surface area contributed by atoms with E-state index in [9.17, 15) is 4.79 Å². The van der Waals surface area contributed by atoms with Crippen LogP contribution in [0.3, 0.4) is 0 Å². The minimum atomic E-state index is 0.0474. The number of para-hydroxylation sites is 2. The Morgan fingerprint density at radius 1 is 1.20 bits per heavy atom. The molecule has 2 aromatic carbocycles. The van der Waals surface area contributed by atoms with Crippen LogP contribution >= 0.6 is 11.6 Å². The van der Waals surface area contributed by atoms with Crippen molar-refractivity contribution in [2.24, 2.45) is 0 Å². The van der Waals surface area contributed by atoms with Gasteiger partial charge in [0.2, 0.25) is 5.91 Å². The van der Waals surface area contributed by atoms with Gasteiger partial charge in [-0.25, -0.2) is 4.98 Å². The van der Waals surface area contributed by atoms with E-state index in [1.54, 1.807) is 0 Å². The van der Waals surface area contributed by atoms with Gasteiger partial charge in [0, 0.05) is 18.0 Å². The number of fused-ring (bicyclic) bond motifs is 1. The number of H-pyrrole nitrogens is 1. The molecular weight excluding hydrogens is 334 g/mol. The van der Waals surface area contributed by atoms with E-state index in [-0.39, 0.29) is 11.9 Å². The molecule has 2 heterocycles. The van der Waals surface area contributed by atoms with Crippen molar-refractivity contribution in [3.8, 4) is 0 Å². The monoisotopic (exact) mass is 353 g/mol. The lowest BCUT2D eigenvalue weighted by molar-refractivity contribution is -0.132. The van der Waals surface area contributed by atoms with Crippen molar-refractivity contribution in [2.75, 3.05) is 6.54 Å². The normalized spacial score (nSPS) is 17.3. The maximum Gasteiger partial charge on any atom is 0.223 e. The number of aromatic nitrogens is 2. The van der Waals surface area contributed by atoms with Crippen LogP contribution in [0, 0.1) is 0 Å². The molecule has 0 bridgehead atoms. The summed E-state index contributed by atoms with van der Waals surface area (Å²) in [5, 5.41) is 0.727. The van der Waals surface area contributed by atoms with Gasteiger partial charge in [-0.2, -0.15) is 0 Å². The molecule has 1 N–H and O–H groups in total. The lowest BCUT2D eigenvalue weighted by Crippen LogP contribution is -2.31. The Morgan fingerprint density at radius 3 is 2.84 bits per heavy atom. The molecule has 1 unspecified atom stereocenters. The number of hydrogen-bond donors (Lipinski definition) is 1. The van der Waals surface area contributed by atoms with Gasteiger partial charge in [0.15, 0.2) is 0 Å². The molecule has 0 aliphatic carbocycles. The lowest BCUT2D eigenvalue weighted by atomic mass is 10.1. The van der Waals surface area contributed by atoms with Crippen LogP contribution in [0.2, 0.25) is 5.02 Å². The van der Waals surface area contributed by atoms with Crippen LogP contribution in [0.15, 0.2) is 48.5 Å². The van der Waals surface area contributed by atoms with Gasteiger partial charge in [-0.05, 0) is 43.0 Å². The van der Waals surface area contributed by atoms with Gasteiger partial charge in [0.25, 0.3) is 0 Å². The standard InChI is InChI=1S/C20H20ClN3O/c21-15-7-2-1-6-14(15)11-12-19(25)24-13-5-10-18(24)20-22-16-8-3-4-9-17(16)23-20/h1-4,6-9,18H,5,10-13H2,(H,22,23). The van der Waals surface area contributed by atoms with Crippen LogP contribution in [0.25, 0.3) is 11.0 Å². The number of carbonyl (C=O) groups excluding carboxylic acids is 1. The zero-order chi connectivity index (χ0) is 17.2. The number of aryl methyl sites for hydroxylation is 1. The van der Waals surface area contributed by atoms with Crippen LogP contribution in [-0.4, -0.2) is 27.3 Å². The van der Waals surface area contributed by atoms with Crippen molar-refractivity contribution >= 4 is 28.5 Å². The number of benzene rings is 2. The number of rotatable bonds is 4. The number of aromatic amines is 1. The summed E-state index contributed by atoms with van der Waals surface area (Å²) < 4.78 is 0. The predicted molar refractivity (Wildman–Crippen MR) is 99.6 cm³/mol. The largest absolute Gasteiger partial charge is 0.340 e. The zero-order valence-electron chi connectivity index (χ0n) is 13.9. The molecule has 4 nitrogen and oxygen atoms in total. The van der Waals surface area contributed by atoms with Crippen molar-refractivity contribution in [3.63, 3.8) is 0 Å². The number of hydrogen-bond acceptors (Lipinski definition) is 2. The van der Waals surface area contributed by atoms with E-state index < -0.39 is 0 Å². The Bertz CT molecular complexity index is 872. The molecule has 0 radical (unpaired) electrons. The molecule has 0 spiro atoms. The number of likely N-dealkylation sites (tertiary alicyclic amines) is 1. The topological polar surface area (TPSA) is 49.0 Å². The minimum absolute atomic E-state index is 0.0474. The van der Waals surface area contributed by atoms with E-state index in [1.807, 2.05) is 53.4 Å². The van der Waals surface area contributed by atoms with Gasteiger partial charge in [0.05, 0.1) is 17.1 Å². The molecule has 1 aromatic heterocycles. The van der Waals surface area contributed by atoms with E-state index in [0.29, 0.717) is 12.8 Å². The van der Waals surface area contributed by atoms with Crippen molar-refractivity contribution in [1.29, 1.82) is 0 Å². The second kappa shape index (κ2) is 6.89. The molecule has 4 rings (SSSR count).